The van der Waals surface area contributed by atoms with Crippen molar-refractivity contribution in [1.82, 2.24) is 4.98 Å². The molecule has 0 spiro atoms. The molecule has 0 radical (unpaired) electrons. The van der Waals surface area contributed by atoms with Crippen molar-refractivity contribution in [1.29, 1.82) is 0 Å². The van der Waals surface area contributed by atoms with E-state index in [1.54, 1.807) is 6.07 Å². The summed E-state index contributed by atoms with van der Waals surface area (Å²) in [5, 5.41) is 10.8. The van der Waals surface area contributed by atoms with Gasteiger partial charge in [-0.15, -0.1) is 0 Å². The fourth-order valence-electron chi connectivity index (χ4n) is 1.93. The molecule has 0 aliphatic heterocycles. The number of halogens is 3. The Morgan fingerprint density at radius 2 is 2.05 bits per heavy atom. The minimum absolute atomic E-state index is 0.0642. The van der Waals surface area contributed by atoms with E-state index in [4.69, 9.17) is 11.6 Å². The molecule has 1 aromatic carbocycles. The Balaban J connectivity index is 2.38. The molecule has 1 atom stereocenters. The third kappa shape index (κ3) is 2.91. The maximum atomic E-state index is 13.7. The summed E-state index contributed by atoms with van der Waals surface area (Å²) in [6, 6.07) is 5.35. The largest absolute Gasteiger partial charge is 0.385 e. The first-order valence-electron chi connectivity index (χ1n) is 5.67. The molecule has 19 heavy (non-hydrogen) atoms. The number of aliphatic hydroxyl groups is 1. The number of nitrogens with zero attached hydrogens (tertiary/aromatic N) is 1. The highest BCUT2D eigenvalue weighted by molar-refractivity contribution is 6.31. The van der Waals surface area contributed by atoms with Crippen LogP contribution in [0.2, 0.25) is 5.02 Å². The summed E-state index contributed by atoms with van der Waals surface area (Å²) >= 11 is 5.95. The molecule has 2 aromatic rings. The van der Waals surface area contributed by atoms with Gasteiger partial charge in [0.1, 0.15) is 0 Å². The number of hydrogen-bond donors (Lipinski definition) is 1. The lowest BCUT2D eigenvalue weighted by Gasteiger charge is -2.25. The van der Waals surface area contributed by atoms with Gasteiger partial charge in [-0.3, -0.25) is 4.98 Å². The van der Waals surface area contributed by atoms with Crippen molar-refractivity contribution in [2.75, 3.05) is 0 Å². The van der Waals surface area contributed by atoms with E-state index in [1.807, 2.05) is 0 Å². The summed E-state index contributed by atoms with van der Waals surface area (Å²) in [7, 11) is 0. The van der Waals surface area contributed by atoms with Crippen LogP contribution in [-0.2, 0) is 12.0 Å². The molecule has 2 rings (SSSR count). The van der Waals surface area contributed by atoms with E-state index >= 15 is 0 Å². The van der Waals surface area contributed by atoms with Gasteiger partial charge in [0.25, 0.3) is 0 Å². The van der Waals surface area contributed by atoms with Gasteiger partial charge in [0.2, 0.25) is 0 Å². The van der Waals surface area contributed by atoms with Crippen LogP contribution in [0.4, 0.5) is 8.78 Å². The molecule has 0 fully saturated rings. The van der Waals surface area contributed by atoms with E-state index in [0.29, 0.717) is 10.6 Å². The van der Waals surface area contributed by atoms with Gasteiger partial charge in [-0.1, -0.05) is 23.7 Å². The van der Waals surface area contributed by atoms with Crippen molar-refractivity contribution < 1.29 is 13.9 Å². The summed E-state index contributed by atoms with van der Waals surface area (Å²) < 4.78 is 26.9. The molecule has 0 saturated carbocycles. The van der Waals surface area contributed by atoms with Crippen molar-refractivity contribution >= 4 is 11.6 Å². The molecule has 1 aromatic heterocycles. The zero-order valence-corrected chi connectivity index (χ0v) is 11.0. The average molecular weight is 284 g/mol. The van der Waals surface area contributed by atoms with Crippen molar-refractivity contribution in [2.24, 2.45) is 0 Å². The first-order chi connectivity index (χ1) is 8.92. The molecule has 0 amide bonds. The number of aromatic nitrogens is 1. The van der Waals surface area contributed by atoms with Gasteiger partial charge in [-0.25, -0.2) is 8.78 Å². The minimum atomic E-state index is -1.56. The van der Waals surface area contributed by atoms with Crippen LogP contribution in [-0.4, -0.2) is 10.1 Å². The number of pyridine rings is 1. The van der Waals surface area contributed by atoms with Crippen LogP contribution >= 0.6 is 11.6 Å². The van der Waals surface area contributed by atoms with Gasteiger partial charge >= 0.3 is 0 Å². The average Bonchev–Trinajstić information content (AvgIpc) is 2.35. The molecular weight excluding hydrogens is 272 g/mol. The van der Waals surface area contributed by atoms with Gasteiger partial charge in [0, 0.05) is 24.4 Å². The normalized spacial score (nSPS) is 14.2. The van der Waals surface area contributed by atoms with Crippen LogP contribution in [0.15, 0.2) is 36.7 Å². The second-order valence-electron chi connectivity index (χ2n) is 4.52. The second-order valence-corrected chi connectivity index (χ2v) is 4.93. The van der Waals surface area contributed by atoms with Crippen LogP contribution in [0.25, 0.3) is 0 Å². The molecule has 100 valence electrons. The van der Waals surface area contributed by atoms with Crippen molar-refractivity contribution in [2.45, 2.75) is 18.9 Å². The van der Waals surface area contributed by atoms with Crippen molar-refractivity contribution in [3.05, 3.63) is 64.4 Å². The van der Waals surface area contributed by atoms with Crippen LogP contribution in [0.1, 0.15) is 18.1 Å². The van der Waals surface area contributed by atoms with Gasteiger partial charge in [-0.05, 0) is 24.6 Å². The molecular formula is C14H12ClF2NO. The van der Waals surface area contributed by atoms with E-state index in [2.05, 4.69) is 4.98 Å². The van der Waals surface area contributed by atoms with Crippen LogP contribution < -0.4 is 0 Å². The maximum Gasteiger partial charge on any atom is 0.164 e. The van der Waals surface area contributed by atoms with Crippen molar-refractivity contribution in [3.63, 3.8) is 0 Å². The lowest BCUT2D eigenvalue weighted by atomic mass is 9.89. The third-order valence-electron chi connectivity index (χ3n) is 2.92. The Bertz CT molecular complexity index is 602. The van der Waals surface area contributed by atoms with Gasteiger partial charge in [-0.2, -0.15) is 0 Å². The Labute approximate surface area is 114 Å². The maximum absolute atomic E-state index is 13.7. The Morgan fingerprint density at radius 3 is 2.74 bits per heavy atom. The highest BCUT2D eigenvalue weighted by atomic mass is 35.5. The fraction of sp³-hybridized carbons (Fsp3) is 0.214. The predicted octanol–water partition coefficient (Wildman–Crippen LogP) is 3.46. The molecule has 1 N–H and O–H groups in total. The van der Waals surface area contributed by atoms with E-state index in [-0.39, 0.29) is 12.0 Å². The van der Waals surface area contributed by atoms with Gasteiger partial charge in [0.15, 0.2) is 11.6 Å². The first-order valence-corrected chi connectivity index (χ1v) is 6.05. The SMILES string of the molecule is CC(O)(Cc1ccncc1Cl)c1cccc(F)c1F. The molecule has 1 heterocycles. The first kappa shape index (κ1) is 13.9. The lowest BCUT2D eigenvalue weighted by Crippen LogP contribution is -2.26. The highest BCUT2D eigenvalue weighted by Crippen LogP contribution is 2.30. The number of hydrogen-bond acceptors (Lipinski definition) is 2. The molecule has 5 heteroatoms. The standard InChI is InChI=1S/C14H12ClF2NO/c1-14(19,7-9-5-6-18-8-11(9)15)10-3-2-4-12(16)13(10)17/h2-6,8,19H,7H2,1H3. The summed E-state index contributed by atoms with van der Waals surface area (Å²) in [6.45, 7) is 1.42. The Kier molecular flexibility index (Phi) is 3.83. The quantitative estimate of drug-likeness (QED) is 0.936. The Morgan fingerprint density at radius 1 is 1.32 bits per heavy atom. The molecule has 2 nitrogen and oxygen atoms in total. The number of rotatable bonds is 3. The van der Waals surface area contributed by atoms with Gasteiger partial charge in [0.05, 0.1) is 10.6 Å². The second kappa shape index (κ2) is 5.23. The summed E-state index contributed by atoms with van der Waals surface area (Å²) in [6.07, 6.45) is 3.03. The van der Waals surface area contributed by atoms with E-state index in [1.165, 1.54) is 31.5 Å². The smallest absolute Gasteiger partial charge is 0.164 e. The Hall–Kier alpha value is -1.52. The van der Waals surface area contributed by atoms with E-state index in [0.717, 1.165) is 6.07 Å². The molecule has 0 aliphatic carbocycles. The topological polar surface area (TPSA) is 33.1 Å². The number of benzene rings is 1. The summed E-state index contributed by atoms with van der Waals surface area (Å²) in [5.41, 5.74) is -1.04. The molecule has 0 saturated heterocycles. The molecule has 0 aliphatic rings. The minimum Gasteiger partial charge on any atom is -0.385 e. The molecule has 1 unspecified atom stereocenters. The van der Waals surface area contributed by atoms with Gasteiger partial charge < -0.3 is 5.11 Å². The predicted molar refractivity (Wildman–Crippen MR) is 68.9 cm³/mol. The van der Waals surface area contributed by atoms with E-state index in [9.17, 15) is 13.9 Å². The van der Waals surface area contributed by atoms with Crippen molar-refractivity contribution in [3.8, 4) is 0 Å². The lowest BCUT2D eigenvalue weighted by molar-refractivity contribution is 0.0530. The zero-order valence-electron chi connectivity index (χ0n) is 10.2. The third-order valence-corrected chi connectivity index (χ3v) is 3.26. The van der Waals surface area contributed by atoms with Crippen LogP contribution in [0, 0.1) is 11.6 Å². The summed E-state index contributed by atoms with van der Waals surface area (Å²) in [5.74, 6) is -2.03. The van der Waals surface area contributed by atoms with Crippen LogP contribution in [0.3, 0.4) is 0 Å². The summed E-state index contributed by atoms with van der Waals surface area (Å²) in [4.78, 5) is 3.83. The highest BCUT2D eigenvalue weighted by Gasteiger charge is 2.29. The molecule has 0 bridgehead atoms. The monoisotopic (exact) mass is 283 g/mol. The fourth-order valence-corrected chi connectivity index (χ4v) is 2.12. The zero-order chi connectivity index (χ0) is 14.0. The van der Waals surface area contributed by atoms with Crippen LogP contribution in [0.5, 0.6) is 0 Å². The van der Waals surface area contributed by atoms with E-state index < -0.39 is 17.2 Å².